The Balaban J connectivity index is 1.74. The lowest BCUT2D eigenvalue weighted by Gasteiger charge is -2.13. The Bertz CT molecular complexity index is 785. The van der Waals surface area contributed by atoms with Crippen LogP contribution in [0.3, 0.4) is 0 Å². The van der Waals surface area contributed by atoms with Crippen LogP contribution in [-0.2, 0) is 20.6 Å². The first-order chi connectivity index (χ1) is 11.1. The number of nitrogens with one attached hydrogen (secondary N) is 1. The van der Waals surface area contributed by atoms with Gasteiger partial charge in [0.15, 0.2) is 0 Å². The summed E-state index contributed by atoms with van der Waals surface area (Å²) in [7, 11) is 3.96. The van der Waals surface area contributed by atoms with Gasteiger partial charge in [0, 0.05) is 43.5 Å². The van der Waals surface area contributed by atoms with Crippen LogP contribution in [0.15, 0.2) is 42.6 Å². The van der Waals surface area contributed by atoms with Crippen molar-refractivity contribution >= 4 is 0 Å². The van der Waals surface area contributed by atoms with E-state index in [2.05, 4.69) is 47.6 Å². The Morgan fingerprint density at radius 2 is 1.87 bits per heavy atom. The van der Waals surface area contributed by atoms with Crippen LogP contribution in [0.1, 0.15) is 29.9 Å². The van der Waals surface area contributed by atoms with E-state index in [1.165, 1.54) is 17.0 Å². The van der Waals surface area contributed by atoms with Crippen molar-refractivity contribution < 1.29 is 0 Å². The van der Waals surface area contributed by atoms with Gasteiger partial charge in [0.25, 0.3) is 0 Å². The Morgan fingerprint density at radius 3 is 2.52 bits per heavy atom. The van der Waals surface area contributed by atoms with E-state index in [1.54, 1.807) is 0 Å². The Hall–Kier alpha value is -2.40. The molecule has 5 heteroatoms. The van der Waals surface area contributed by atoms with E-state index in [-0.39, 0.29) is 6.04 Å². The second-order valence-corrected chi connectivity index (χ2v) is 5.93. The van der Waals surface area contributed by atoms with Gasteiger partial charge in [-0.3, -0.25) is 9.36 Å². The molecule has 1 N–H and O–H groups in total. The molecule has 0 saturated carbocycles. The minimum Gasteiger partial charge on any atom is -0.305 e. The molecule has 0 aliphatic carbocycles. The molecule has 3 aromatic rings. The van der Waals surface area contributed by atoms with Gasteiger partial charge in [-0.25, -0.2) is 0 Å². The van der Waals surface area contributed by atoms with E-state index in [0.29, 0.717) is 0 Å². The highest BCUT2D eigenvalue weighted by Crippen LogP contribution is 2.22. The van der Waals surface area contributed by atoms with Crippen molar-refractivity contribution in [3.8, 4) is 11.3 Å². The summed E-state index contributed by atoms with van der Waals surface area (Å²) in [5, 5.41) is 12.5. The molecule has 0 saturated heterocycles. The zero-order valence-corrected chi connectivity index (χ0v) is 14.1. The van der Waals surface area contributed by atoms with Crippen molar-refractivity contribution in [2.24, 2.45) is 14.1 Å². The fraction of sp³-hybridized carbons (Fsp3) is 0.333. The molecule has 0 amide bonds. The van der Waals surface area contributed by atoms with Crippen molar-refractivity contribution in [1.29, 1.82) is 0 Å². The van der Waals surface area contributed by atoms with Crippen molar-refractivity contribution in [3.05, 3.63) is 59.5 Å². The molecule has 1 atom stereocenters. The maximum Gasteiger partial charge on any atom is 0.0926 e. The fourth-order valence-corrected chi connectivity index (χ4v) is 2.72. The number of benzene rings is 1. The van der Waals surface area contributed by atoms with Gasteiger partial charge in [-0.05, 0) is 19.9 Å². The second kappa shape index (κ2) is 6.38. The predicted octanol–water partition coefficient (Wildman–Crippen LogP) is 2.98. The summed E-state index contributed by atoms with van der Waals surface area (Å²) in [6.45, 7) is 5.05. The van der Waals surface area contributed by atoms with E-state index >= 15 is 0 Å². The lowest BCUT2D eigenvalue weighted by Crippen LogP contribution is -2.20. The van der Waals surface area contributed by atoms with Crippen LogP contribution in [0.25, 0.3) is 11.3 Å². The number of hydrogen-bond donors (Lipinski definition) is 1. The van der Waals surface area contributed by atoms with Crippen molar-refractivity contribution in [1.82, 2.24) is 24.9 Å². The van der Waals surface area contributed by atoms with Gasteiger partial charge in [0.2, 0.25) is 0 Å². The second-order valence-electron chi connectivity index (χ2n) is 5.93. The van der Waals surface area contributed by atoms with Gasteiger partial charge >= 0.3 is 0 Å². The van der Waals surface area contributed by atoms with Crippen LogP contribution in [0.2, 0.25) is 0 Å². The number of aromatic nitrogens is 4. The summed E-state index contributed by atoms with van der Waals surface area (Å²) in [5.74, 6) is 0. The summed E-state index contributed by atoms with van der Waals surface area (Å²) in [6.07, 6.45) is 1.92. The molecular formula is C18H23N5. The van der Waals surface area contributed by atoms with E-state index in [9.17, 15) is 0 Å². The van der Waals surface area contributed by atoms with Gasteiger partial charge in [0.1, 0.15) is 0 Å². The SMILES string of the molecule is Cc1c(CNC(C)c2cc(-c3ccccc3)nn2C)cnn1C. The van der Waals surface area contributed by atoms with Gasteiger partial charge in [0.05, 0.1) is 17.6 Å². The number of aryl methyl sites for hydroxylation is 2. The molecule has 2 heterocycles. The molecule has 0 fully saturated rings. The molecular weight excluding hydrogens is 286 g/mol. The highest BCUT2D eigenvalue weighted by Gasteiger charge is 2.14. The van der Waals surface area contributed by atoms with Crippen LogP contribution in [0.5, 0.6) is 0 Å². The van der Waals surface area contributed by atoms with Gasteiger partial charge in [-0.15, -0.1) is 0 Å². The number of hydrogen-bond acceptors (Lipinski definition) is 3. The van der Waals surface area contributed by atoms with Crippen molar-refractivity contribution in [2.45, 2.75) is 26.4 Å². The quantitative estimate of drug-likeness (QED) is 0.788. The van der Waals surface area contributed by atoms with E-state index in [0.717, 1.165) is 17.8 Å². The molecule has 1 aromatic carbocycles. The first-order valence-corrected chi connectivity index (χ1v) is 7.86. The molecule has 2 aromatic heterocycles. The zero-order valence-electron chi connectivity index (χ0n) is 14.1. The highest BCUT2D eigenvalue weighted by atomic mass is 15.3. The van der Waals surface area contributed by atoms with Crippen LogP contribution in [0, 0.1) is 6.92 Å². The van der Waals surface area contributed by atoms with Gasteiger partial charge in [-0.2, -0.15) is 10.2 Å². The van der Waals surface area contributed by atoms with E-state index < -0.39 is 0 Å². The third kappa shape index (κ3) is 3.19. The molecule has 0 bridgehead atoms. The average molecular weight is 309 g/mol. The summed E-state index contributed by atoms with van der Waals surface area (Å²) >= 11 is 0. The first-order valence-electron chi connectivity index (χ1n) is 7.86. The molecule has 120 valence electrons. The largest absolute Gasteiger partial charge is 0.305 e. The number of nitrogens with zero attached hydrogens (tertiary/aromatic N) is 4. The minimum atomic E-state index is 0.213. The summed E-state index contributed by atoms with van der Waals surface area (Å²) in [4.78, 5) is 0. The molecule has 0 aliphatic heterocycles. The third-order valence-corrected chi connectivity index (χ3v) is 4.36. The first kappa shape index (κ1) is 15.5. The van der Waals surface area contributed by atoms with Crippen LogP contribution in [-0.4, -0.2) is 19.6 Å². The van der Waals surface area contributed by atoms with Crippen molar-refractivity contribution in [2.75, 3.05) is 0 Å². The van der Waals surface area contributed by atoms with Crippen LogP contribution >= 0.6 is 0 Å². The third-order valence-electron chi connectivity index (χ3n) is 4.36. The van der Waals surface area contributed by atoms with Crippen LogP contribution < -0.4 is 5.32 Å². The zero-order chi connectivity index (χ0) is 16.4. The normalized spacial score (nSPS) is 12.5. The summed E-state index contributed by atoms with van der Waals surface area (Å²) in [5.41, 5.74) is 5.74. The maximum absolute atomic E-state index is 4.64. The lowest BCUT2D eigenvalue weighted by atomic mass is 10.1. The molecule has 5 nitrogen and oxygen atoms in total. The van der Waals surface area contributed by atoms with E-state index in [1.807, 2.05) is 47.9 Å². The van der Waals surface area contributed by atoms with Crippen molar-refractivity contribution in [3.63, 3.8) is 0 Å². The summed E-state index contributed by atoms with van der Waals surface area (Å²) in [6, 6.07) is 12.6. The Morgan fingerprint density at radius 1 is 1.13 bits per heavy atom. The Labute approximate surface area is 136 Å². The topological polar surface area (TPSA) is 47.7 Å². The molecule has 23 heavy (non-hydrogen) atoms. The van der Waals surface area contributed by atoms with Gasteiger partial charge < -0.3 is 5.32 Å². The smallest absolute Gasteiger partial charge is 0.0926 e. The fourth-order valence-electron chi connectivity index (χ4n) is 2.72. The molecule has 0 radical (unpaired) electrons. The molecule has 0 spiro atoms. The molecule has 1 unspecified atom stereocenters. The maximum atomic E-state index is 4.64. The summed E-state index contributed by atoms with van der Waals surface area (Å²) < 4.78 is 3.86. The minimum absolute atomic E-state index is 0.213. The lowest BCUT2D eigenvalue weighted by molar-refractivity contribution is 0.529. The predicted molar refractivity (Wildman–Crippen MR) is 91.8 cm³/mol. The van der Waals surface area contributed by atoms with Gasteiger partial charge in [-0.1, -0.05) is 30.3 Å². The monoisotopic (exact) mass is 309 g/mol. The highest BCUT2D eigenvalue weighted by molar-refractivity contribution is 5.59. The standard InChI is InChI=1S/C18H23N5/c1-13(19-11-16-12-20-22(3)14(16)2)18-10-17(21-23(18)4)15-8-6-5-7-9-15/h5-10,12-13,19H,11H2,1-4H3. The van der Waals surface area contributed by atoms with E-state index in [4.69, 9.17) is 0 Å². The number of rotatable bonds is 5. The molecule has 0 aliphatic rings. The Kier molecular flexibility index (Phi) is 4.30. The average Bonchev–Trinajstić information content (AvgIpc) is 3.10. The molecule has 3 rings (SSSR count). The van der Waals surface area contributed by atoms with Crippen LogP contribution in [0.4, 0.5) is 0 Å².